The van der Waals surface area contributed by atoms with Crippen LogP contribution in [0, 0.1) is 0 Å². The second-order valence-electron chi connectivity index (χ2n) is 4.12. The molecule has 1 unspecified atom stereocenters. The van der Waals surface area contributed by atoms with Crippen LogP contribution < -0.4 is 0 Å². The maximum Gasteiger partial charge on any atom is 0.295 e. The Hall–Kier alpha value is -0.170. The zero-order valence-electron chi connectivity index (χ0n) is 9.02. The molecule has 6 heteroatoms. The number of rotatable bonds is 3. The Morgan fingerprint density at radius 2 is 2.00 bits per heavy atom. The summed E-state index contributed by atoms with van der Waals surface area (Å²) in [4.78, 5) is 0.179. The molecule has 1 rings (SSSR count). The van der Waals surface area contributed by atoms with E-state index in [0.717, 1.165) is 19.5 Å². The first-order valence-electron chi connectivity index (χ1n) is 5.31. The van der Waals surface area contributed by atoms with Gasteiger partial charge in [-0.3, -0.25) is 4.55 Å². The molecule has 0 saturated carbocycles. The molecule has 1 heterocycles. The van der Waals surface area contributed by atoms with Gasteiger partial charge in [0.1, 0.15) is 0 Å². The van der Waals surface area contributed by atoms with E-state index in [0.29, 0.717) is 13.0 Å². The lowest BCUT2D eigenvalue weighted by Crippen LogP contribution is -2.39. The van der Waals surface area contributed by atoms with Crippen LogP contribution in [0.3, 0.4) is 0 Å². The molecule has 90 valence electrons. The van der Waals surface area contributed by atoms with Crippen LogP contribution in [0.5, 0.6) is 0 Å². The Morgan fingerprint density at radius 1 is 1.33 bits per heavy atom. The van der Waals surface area contributed by atoms with Gasteiger partial charge < -0.3 is 10.0 Å². The first-order valence-corrected chi connectivity index (χ1v) is 6.75. The Bertz CT molecular complexity index is 303. The molecule has 1 fully saturated rings. The van der Waals surface area contributed by atoms with E-state index in [1.165, 1.54) is 0 Å². The molecule has 0 aromatic carbocycles. The van der Waals surface area contributed by atoms with Crippen LogP contribution >= 0.6 is 0 Å². The van der Waals surface area contributed by atoms with E-state index in [1.807, 2.05) is 0 Å². The van der Waals surface area contributed by atoms with E-state index in [2.05, 4.69) is 11.8 Å². The number of aliphatic hydroxyl groups is 1. The van der Waals surface area contributed by atoms with Crippen LogP contribution in [0.4, 0.5) is 0 Å². The van der Waals surface area contributed by atoms with Crippen LogP contribution in [-0.2, 0) is 10.1 Å². The third-order valence-corrected chi connectivity index (χ3v) is 4.25. The van der Waals surface area contributed by atoms with Gasteiger partial charge in [-0.15, -0.1) is 0 Å². The largest absolute Gasteiger partial charge is 0.372 e. The monoisotopic (exact) mass is 237 g/mol. The molecular formula is C9H19NO4S. The quantitative estimate of drug-likeness (QED) is 0.697. The average Bonchev–Trinajstić information content (AvgIpc) is 2.29. The van der Waals surface area contributed by atoms with Crippen molar-refractivity contribution in [2.24, 2.45) is 0 Å². The molecule has 0 spiro atoms. The minimum atomic E-state index is -4.36. The lowest BCUT2D eigenvalue weighted by Gasteiger charge is -2.23. The SMILES string of the molecule is CCCN1CCCC(O)(S(=O)(=O)O)CC1. The Kier molecular flexibility index (Phi) is 4.11. The standard InChI is InChI=1S/C9H19NO4S/c1-2-6-10-7-3-4-9(11,5-8-10)15(12,13)14/h11H,2-8H2,1H3,(H,12,13,14). The van der Waals surface area contributed by atoms with Crippen molar-refractivity contribution in [1.29, 1.82) is 0 Å². The smallest absolute Gasteiger partial charge is 0.295 e. The molecule has 1 atom stereocenters. The molecule has 2 N–H and O–H groups in total. The molecule has 0 amide bonds. The van der Waals surface area contributed by atoms with Crippen LogP contribution in [0.25, 0.3) is 0 Å². The van der Waals surface area contributed by atoms with Crippen molar-refractivity contribution < 1.29 is 18.1 Å². The van der Waals surface area contributed by atoms with Crippen molar-refractivity contribution in [1.82, 2.24) is 4.90 Å². The molecular weight excluding hydrogens is 218 g/mol. The molecule has 0 radical (unpaired) electrons. The summed E-state index contributed by atoms with van der Waals surface area (Å²) in [5.74, 6) is 0. The van der Waals surface area contributed by atoms with Crippen molar-refractivity contribution in [3.63, 3.8) is 0 Å². The van der Waals surface area contributed by atoms with Gasteiger partial charge in [0.25, 0.3) is 10.1 Å². The number of nitrogens with zero attached hydrogens (tertiary/aromatic N) is 1. The molecule has 0 aromatic heterocycles. The topological polar surface area (TPSA) is 77.8 Å². The highest BCUT2D eigenvalue weighted by molar-refractivity contribution is 7.87. The van der Waals surface area contributed by atoms with Crippen molar-refractivity contribution in [2.45, 2.75) is 37.5 Å². The van der Waals surface area contributed by atoms with Crippen molar-refractivity contribution in [3.8, 4) is 0 Å². The van der Waals surface area contributed by atoms with Gasteiger partial charge in [-0.05, 0) is 32.4 Å². The van der Waals surface area contributed by atoms with Gasteiger partial charge in [0.05, 0.1) is 0 Å². The van der Waals surface area contributed by atoms with Crippen LogP contribution in [-0.4, -0.2) is 47.5 Å². The summed E-state index contributed by atoms with van der Waals surface area (Å²) in [6.45, 7) is 4.26. The van der Waals surface area contributed by atoms with Gasteiger partial charge in [0.15, 0.2) is 4.93 Å². The van der Waals surface area contributed by atoms with Crippen LogP contribution in [0.1, 0.15) is 32.6 Å². The first-order chi connectivity index (χ1) is 6.89. The molecule has 0 aromatic rings. The summed E-state index contributed by atoms with van der Waals surface area (Å²) < 4.78 is 31.0. The average molecular weight is 237 g/mol. The minimum absolute atomic E-state index is 0.0891. The normalized spacial score (nSPS) is 30.1. The summed E-state index contributed by atoms with van der Waals surface area (Å²) in [6, 6.07) is 0. The fourth-order valence-electron chi connectivity index (χ4n) is 1.95. The van der Waals surface area contributed by atoms with Gasteiger partial charge in [-0.25, -0.2) is 0 Å². The second-order valence-corrected chi connectivity index (χ2v) is 5.83. The fourth-order valence-corrected chi connectivity index (χ4v) is 2.70. The van der Waals surface area contributed by atoms with Gasteiger partial charge in [0.2, 0.25) is 0 Å². The first kappa shape index (κ1) is 12.9. The van der Waals surface area contributed by atoms with E-state index in [1.54, 1.807) is 0 Å². The Labute approximate surface area is 90.8 Å². The van der Waals surface area contributed by atoms with Crippen molar-refractivity contribution in [3.05, 3.63) is 0 Å². The second kappa shape index (κ2) is 4.78. The summed E-state index contributed by atoms with van der Waals surface area (Å²) in [5, 5.41) is 9.81. The highest BCUT2D eigenvalue weighted by Gasteiger charge is 2.41. The number of hydrogen-bond donors (Lipinski definition) is 2. The minimum Gasteiger partial charge on any atom is -0.372 e. The molecule has 1 aliphatic heterocycles. The van der Waals surface area contributed by atoms with E-state index in [4.69, 9.17) is 4.55 Å². The lowest BCUT2D eigenvalue weighted by atomic mass is 10.1. The van der Waals surface area contributed by atoms with E-state index < -0.39 is 15.1 Å². The zero-order valence-corrected chi connectivity index (χ0v) is 9.83. The van der Waals surface area contributed by atoms with Crippen LogP contribution in [0.2, 0.25) is 0 Å². The number of likely N-dealkylation sites (tertiary alicyclic amines) is 1. The predicted octanol–water partition coefficient (Wildman–Crippen LogP) is 0.459. The van der Waals surface area contributed by atoms with Gasteiger partial charge in [0, 0.05) is 13.0 Å². The highest BCUT2D eigenvalue weighted by Crippen LogP contribution is 2.27. The van der Waals surface area contributed by atoms with E-state index in [9.17, 15) is 13.5 Å². The molecule has 0 bridgehead atoms. The third kappa shape index (κ3) is 3.14. The molecule has 0 aliphatic carbocycles. The summed E-state index contributed by atoms with van der Waals surface area (Å²) >= 11 is 0. The lowest BCUT2D eigenvalue weighted by molar-refractivity contribution is 0.0965. The van der Waals surface area contributed by atoms with Crippen LogP contribution in [0.15, 0.2) is 0 Å². The Balaban J connectivity index is 2.67. The molecule has 1 aliphatic rings. The maximum atomic E-state index is 11.0. The zero-order chi connectivity index (χ0) is 11.5. The summed E-state index contributed by atoms with van der Waals surface area (Å²) in [6.07, 6.45) is 1.80. The Morgan fingerprint density at radius 3 is 2.53 bits per heavy atom. The van der Waals surface area contributed by atoms with Gasteiger partial charge in [-0.1, -0.05) is 6.92 Å². The highest BCUT2D eigenvalue weighted by atomic mass is 32.2. The number of hydrogen-bond acceptors (Lipinski definition) is 4. The molecule has 5 nitrogen and oxygen atoms in total. The summed E-state index contributed by atoms with van der Waals surface area (Å²) in [7, 11) is -4.36. The predicted molar refractivity (Wildman–Crippen MR) is 57.1 cm³/mol. The van der Waals surface area contributed by atoms with Crippen molar-refractivity contribution >= 4 is 10.1 Å². The van der Waals surface area contributed by atoms with E-state index in [-0.39, 0.29) is 12.8 Å². The molecule has 1 saturated heterocycles. The van der Waals surface area contributed by atoms with Crippen molar-refractivity contribution in [2.75, 3.05) is 19.6 Å². The van der Waals surface area contributed by atoms with Gasteiger partial charge >= 0.3 is 0 Å². The van der Waals surface area contributed by atoms with E-state index >= 15 is 0 Å². The molecule has 15 heavy (non-hydrogen) atoms. The summed E-state index contributed by atoms with van der Waals surface area (Å²) in [5.41, 5.74) is 0. The van der Waals surface area contributed by atoms with Gasteiger partial charge in [-0.2, -0.15) is 8.42 Å². The maximum absolute atomic E-state index is 11.0. The third-order valence-electron chi connectivity index (χ3n) is 2.88. The fraction of sp³-hybridized carbons (Fsp3) is 1.00.